The van der Waals surface area contributed by atoms with Gasteiger partial charge in [-0.3, -0.25) is 9.59 Å². The lowest BCUT2D eigenvalue weighted by Gasteiger charge is -2.30. The van der Waals surface area contributed by atoms with Crippen LogP contribution in [0.25, 0.3) is 5.57 Å². The molecule has 6 heteroatoms. The number of carbonyl (C=O) groups is 2. The number of esters is 2. The number of methoxy groups -OCH3 is 2. The van der Waals surface area contributed by atoms with E-state index in [1.54, 1.807) is 24.3 Å². The molecule has 0 aliphatic heterocycles. The molecular formula is C24H26O6. The first-order valence-corrected chi connectivity index (χ1v) is 9.91. The summed E-state index contributed by atoms with van der Waals surface area (Å²) in [6.07, 6.45) is 2.91. The van der Waals surface area contributed by atoms with Crippen LogP contribution in [0.15, 0.2) is 54.1 Å². The van der Waals surface area contributed by atoms with Gasteiger partial charge in [-0.15, -0.1) is 0 Å². The molecule has 6 nitrogen and oxygen atoms in total. The van der Waals surface area contributed by atoms with Crippen molar-refractivity contribution in [2.75, 3.05) is 14.2 Å². The van der Waals surface area contributed by atoms with Gasteiger partial charge in [0.25, 0.3) is 0 Å². The summed E-state index contributed by atoms with van der Waals surface area (Å²) in [6, 6.07) is 13.9. The van der Waals surface area contributed by atoms with Gasteiger partial charge >= 0.3 is 11.9 Å². The van der Waals surface area contributed by atoms with Crippen LogP contribution in [0.2, 0.25) is 0 Å². The zero-order valence-electron chi connectivity index (χ0n) is 17.1. The van der Waals surface area contributed by atoms with Crippen molar-refractivity contribution in [2.45, 2.75) is 25.7 Å². The zero-order chi connectivity index (χ0) is 21.7. The Kier molecular flexibility index (Phi) is 6.77. The number of carbonyl (C=O) groups excluding carboxylic acids is 2. The van der Waals surface area contributed by atoms with E-state index in [1.165, 1.54) is 14.2 Å². The Morgan fingerprint density at radius 3 is 1.77 bits per heavy atom. The number of aromatic hydroxyl groups is 2. The third-order valence-corrected chi connectivity index (χ3v) is 5.61. The molecule has 1 fully saturated rings. The molecule has 2 aromatic rings. The minimum Gasteiger partial charge on any atom is -0.508 e. The molecule has 0 aromatic heterocycles. The van der Waals surface area contributed by atoms with Crippen LogP contribution in [0.5, 0.6) is 11.5 Å². The van der Waals surface area contributed by atoms with E-state index in [0.29, 0.717) is 6.42 Å². The van der Waals surface area contributed by atoms with Gasteiger partial charge in [-0.25, -0.2) is 0 Å². The van der Waals surface area contributed by atoms with E-state index in [4.69, 9.17) is 9.47 Å². The highest BCUT2D eigenvalue weighted by molar-refractivity contribution is 5.95. The van der Waals surface area contributed by atoms with E-state index in [2.05, 4.69) is 0 Å². The molecule has 1 aliphatic carbocycles. The molecule has 0 saturated heterocycles. The molecule has 1 atom stereocenters. The predicted octanol–water partition coefficient (Wildman–Crippen LogP) is 4.05. The van der Waals surface area contributed by atoms with Crippen LogP contribution in [0, 0.1) is 11.8 Å². The Hall–Kier alpha value is -3.28. The van der Waals surface area contributed by atoms with E-state index in [1.807, 2.05) is 24.3 Å². The lowest BCUT2D eigenvalue weighted by Crippen LogP contribution is -2.35. The van der Waals surface area contributed by atoms with Crippen LogP contribution < -0.4 is 0 Å². The van der Waals surface area contributed by atoms with Gasteiger partial charge in [0, 0.05) is 0 Å². The number of phenolic OH excluding ortho intramolecular Hbond substituents is 2. The van der Waals surface area contributed by atoms with Crippen LogP contribution in [0.3, 0.4) is 0 Å². The number of benzene rings is 2. The molecule has 0 unspecified atom stereocenters. The summed E-state index contributed by atoms with van der Waals surface area (Å²) < 4.78 is 9.74. The van der Waals surface area contributed by atoms with E-state index in [9.17, 15) is 19.8 Å². The minimum atomic E-state index is -0.962. The van der Waals surface area contributed by atoms with E-state index < -0.39 is 17.9 Å². The van der Waals surface area contributed by atoms with Crippen molar-refractivity contribution in [1.29, 1.82) is 0 Å². The van der Waals surface area contributed by atoms with Crippen molar-refractivity contribution in [3.63, 3.8) is 0 Å². The maximum absolute atomic E-state index is 12.3. The number of phenols is 2. The fourth-order valence-corrected chi connectivity index (χ4v) is 4.18. The minimum absolute atomic E-state index is 0.173. The maximum atomic E-state index is 12.3. The van der Waals surface area contributed by atoms with E-state index in [0.717, 1.165) is 41.5 Å². The summed E-state index contributed by atoms with van der Waals surface area (Å²) in [5, 5.41) is 19.4. The fourth-order valence-electron chi connectivity index (χ4n) is 4.18. The molecule has 2 aromatic carbocycles. The first-order valence-electron chi connectivity index (χ1n) is 9.91. The smallest absolute Gasteiger partial charge is 0.320 e. The molecule has 3 rings (SSSR count). The molecule has 0 bridgehead atoms. The molecule has 2 N–H and O–H groups in total. The highest BCUT2D eigenvalue weighted by Crippen LogP contribution is 2.41. The second-order valence-corrected chi connectivity index (χ2v) is 7.45. The Bertz CT molecular complexity index is 864. The van der Waals surface area contributed by atoms with Crippen LogP contribution in [0.4, 0.5) is 0 Å². The second-order valence-electron chi connectivity index (χ2n) is 7.45. The fraction of sp³-hybridized carbons (Fsp3) is 0.333. The van der Waals surface area contributed by atoms with E-state index in [-0.39, 0.29) is 17.4 Å². The predicted molar refractivity (Wildman–Crippen MR) is 112 cm³/mol. The van der Waals surface area contributed by atoms with E-state index >= 15 is 0 Å². The van der Waals surface area contributed by atoms with Crippen LogP contribution >= 0.6 is 0 Å². The summed E-state index contributed by atoms with van der Waals surface area (Å²) >= 11 is 0. The summed E-state index contributed by atoms with van der Waals surface area (Å²) in [5.74, 6) is -2.00. The van der Waals surface area contributed by atoms with Crippen molar-refractivity contribution in [3.8, 4) is 11.5 Å². The van der Waals surface area contributed by atoms with Gasteiger partial charge < -0.3 is 19.7 Å². The SMILES string of the molecule is COC(=O)C(C(=O)OC)[C@H]1CCCC(=C(c2ccc(O)cc2)c2ccc(O)cc2)C1. The summed E-state index contributed by atoms with van der Waals surface area (Å²) in [6.45, 7) is 0. The largest absolute Gasteiger partial charge is 0.508 e. The Morgan fingerprint density at radius 1 is 0.867 bits per heavy atom. The lowest BCUT2D eigenvalue weighted by atomic mass is 9.74. The summed E-state index contributed by atoms with van der Waals surface area (Å²) in [7, 11) is 2.55. The lowest BCUT2D eigenvalue weighted by molar-refractivity contribution is -0.161. The third-order valence-electron chi connectivity index (χ3n) is 5.61. The van der Waals surface area contributed by atoms with Crippen molar-refractivity contribution < 1.29 is 29.3 Å². The number of allylic oxidation sites excluding steroid dienone is 1. The molecular weight excluding hydrogens is 384 g/mol. The maximum Gasteiger partial charge on any atom is 0.320 e. The van der Waals surface area contributed by atoms with Crippen molar-refractivity contribution >= 4 is 17.5 Å². The van der Waals surface area contributed by atoms with Gasteiger partial charge in [0.05, 0.1) is 14.2 Å². The Balaban J connectivity index is 2.06. The average Bonchev–Trinajstić information content (AvgIpc) is 2.76. The topological polar surface area (TPSA) is 93.1 Å². The Labute approximate surface area is 175 Å². The summed E-state index contributed by atoms with van der Waals surface area (Å²) in [4.78, 5) is 24.6. The van der Waals surface area contributed by atoms with Gasteiger partial charge in [-0.2, -0.15) is 0 Å². The van der Waals surface area contributed by atoms with Crippen LogP contribution in [0.1, 0.15) is 36.8 Å². The van der Waals surface area contributed by atoms with Gasteiger partial charge in [-0.1, -0.05) is 29.8 Å². The molecule has 1 aliphatic rings. The molecule has 1 saturated carbocycles. The highest BCUT2D eigenvalue weighted by Gasteiger charge is 2.38. The average molecular weight is 410 g/mol. The molecule has 158 valence electrons. The standard InChI is InChI=1S/C24H26O6/c1-29-23(27)22(24(28)30-2)18-5-3-4-17(14-18)21(15-6-10-19(25)11-7-15)16-8-12-20(26)13-9-16/h6-13,18,22,25-26H,3-5,14H2,1-2H3/t18-/m0/s1. The van der Waals surface area contributed by atoms with Crippen LogP contribution in [-0.4, -0.2) is 36.4 Å². The van der Waals surface area contributed by atoms with Crippen molar-refractivity contribution in [2.24, 2.45) is 11.8 Å². The van der Waals surface area contributed by atoms with Gasteiger partial charge in [0.15, 0.2) is 5.92 Å². The zero-order valence-corrected chi connectivity index (χ0v) is 17.1. The van der Waals surface area contributed by atoms with Crippen molar-refractivity contribution in [1.82, 2.24) is 0 Å². The van der Waals surface area contributed by atoms with Gasteiger partial charge in [0.1, 0.15) is 11.5 Å². The Morgan fingerprint density at radius 2 is 1.33 bits per heavy atom. The summed E-state index contributed by atoms with van der Waals surface area (Å²) in [5.41, 5.74) is 3.93. The normalized spacial score (nSPS) is 16.2. The van der Waals surface area contributed by atoms with Gasteiger partial charge in [-0.05, 0) is 72.6 Å². The van der Waals surface area contributed by atoms with Gasteiger partial charge in [0.2, 0.25) is 0 Å². The number of hydrogen-bond donors (Lipinski definition) is 2. The molecule has 0 amide bonds. The first kappa shape index (κ1) is 21.4. The molecule has 0 spiro atoms. The number of ether oxygens (including phenoxy) is 2. The number of rotatable bonds is 5. The first-order chi connectivity index (χ1) is 14.4. The molecule has 0 radical (unpaired) electrons. The molecule has 0 heterocycles. The monoisotopic (exact) mass is 410 g/mol. The number of hydrogen-bond acceptors (Lipinski definition) is 6. The third kappa shape index (κ3) is 4.64. The highest BCUT2D eigenvalue weighted by atomic mass is 16.5. The second kappa shape index (κ2) is 9.48. The van der Waals surface area contributed by atoms with Crippen LogP contribution in [-0.2, 0) is 19.1 Å². The molecule has 30 heavy (non-hydrogen) atoms. The van der Waals surface area contributed by atoms with Crippen molar-refractivity contribution in [3.05, 3.63) is 65.2 Å². The quantitative estimate of drug-likeness (QED) is 0.571.